The van der Waals surface area contributed by atoms with Crippen LogP contribution in [-0.4, -0.2) is 33.0 Å². The lowest BCUT2D eigenvalue weighted by molar-refractivity contribution is 0.0813. The summed E-state index contributed by atoms with van der Waals surface area (Å²) in [6.07, 6.45) is 4.31. The maximum atomic E-state index is 5.38. The SMILES string of the molecule is CCCCOCCCOCCCN. The molecule has 2 N–H and O–H groups in total. The normalized spacial score (nSPS) is 10.6. The number of hydrogen-bond donors (Lipinski definition) is 1. The maximum absolute atomic E-state index is 5.38. The van der Waals surface area contributed by atoms with Crippen molar-refractivity contribution in [3.8, 4) is 0 Å². The van der Waals surface area contributed by atoms with Crippen molar-refractivity contribution >= 4 is 0 Å². The first-order valence-electron chi connectivity index (χ1n) is 5.27. The Morgan fingerprint density at radius 2 is 1.38 bits per heavy atom. The Labute approximate surface area is 81.6 Å². The Morgan fingerprint density at radius 1 is 0.846 bits per heavy atom. The van der Waals surface area contributed by atoms with Crippen LogP contribution in [0.3, 0.4) is 0 Å². The fourth-order valence-corrected chi connectivity index (χ4v) is 0.899. The van der Waals surface area contributed by atoms with Crippen LogP contribution in [0.5, 0.6) is 0 Å². The molecule has 13 heavy (non-hydrogen) atoms. The van der Waals surface area contributed by atoms with E-state index in [9.17, 15) is 0 Å². The van der Waals surface area contributed by atoms with Gasteiger partial charge in [0.05, 0.1) is 0 Å². The molecule has 0 atom stereocenters. The highest BCUT2D eigenvalue weighted by Crippen LogP contribution is 1.90. The van der Waals surface area contributed by atoms with Gasteiger partial charge in [0, 0.05) is 26.4 Å². The van der Waals surface area contributed by atoms with Crippen LogP contribution in [0.2, 0.25) is 0 Å². The lowest BCUT2D eigenvalue weighted by Crippen LogP contribution is -2.06. The molecule has 0 unspecified atom stereocenters. The second kappa shape index (κ2) is 11.9. The predicted molar refractivity (Wildman–Crippen MR) is 54.8 cm³/mol. The van der Waals surface area contributed by atoms with Crippen LogP contribution in [0.25, 0.3) is 0 Å². The molecule has 0 spiro atoms. The minimum Gasteiger partial charge on any atom is -0.381 e. The minimum atomic E-state index is 0.715. The molecule has 0 aromatic heterocycles. The van der Waals surface area contributed by atoms with Crippen LogP contribution < -0.4 is 5.73 Å². The smallest absolute Gasteiger partial charge is 0.0487 e. The maximum Gasteiger partial charge on any atom is 0.0487 e. The Bertz CT molecular complexity index is 79.0. The van der Waals surface area contributed by atoms with Crippen molar-refractivity contribution in [3.63, 3.8) is 0 Å². The molecule has 0 aliphatic heterocycles. The first kappa shape index (κ1) is 12.9. The molecule has 3 heteroatoms. The zero-order chi connectivity index (χ0) is 9.78. The molecule has 0 aliphatic carbocycles. The number of ether oxygens (including phenoxy) is 2. The summed E-state index contributed by atoms with van der Waals surface area (Å²) in [5, 5.41) is 0. The lowest BCUT2D eigenvalue weighted by atomic mass is 10.4. The van der Waals surface area contributed by atoms with E-state index in [1.807, 2.05) is 0 Å². The number of rotatable bonds is 10. The van der Waals surface area contributed by atoms with Crippen molar-refractivity contribution in [2.45, 2.75) is 32.6 Å². The van der Waals surface area contributed by atoms with Gasteiger partial charge in [-0.2, -0.15) is 0 Å². The topological polar surface area (TPSA) is 44.5 Å². The van der Waals surface area contributed by atoms with Gasteiger partial charge < -0.3 is 15.2 Å². The molecule has 80 valence electrons. The van der Waals surface area contributed by atoms with Crippen LogP contribution in [0.4, 0.5) is 0 Å². The van der Waals surface area contributed by atoms with Crippen LogP contribution >= 0.6 is 0 Å². The largest absolute Gasteiger partial charge is 0.381 e. The Kier molecular flexibility index (Phi) is 11.8. The Balaban J connectivity index is 2.76. The average Bonchev–Trinajstić information content (AvgIpc) is 2.16. The van der Waals surface area contributed by atoms with Crippen LogP contribution in [0.15, 0.2) is 0 Å². The minimum absolute atomic E-state index is 0.715. The molecule has 0 fully saturated rings. The molecule has 0 bridgehead atoms. The van der Waals surface area contributed by atoms with Gasteiger partial charge in [0.1, 0.15) is 0 Å². The van der Waals surface area contributed by atoms with Gasteiger partial charge in [0.15, 0.2) is 0 Å². The van der Waals surface area contributed by atoms with Crippen molar-refractivity contribution < 1.29 is 9.47 Å². The summed E-state index contributed by atoms with van der Waals surface area (Å²) < 4.78 is 10.7. The van der Waals surface area contributed by atoms with E-state index < -0.39 is 0 Å². The van der Waals surface area contributed by atoms with Gasteiger partial charge in [-0.15, -0.1) is 0 Å². The van der Waals surface area contributed by atoms with Crippen molar-refractivity contribution in [1.82, 2.24) is 0 Å². The predicted octanol–water partition coefficient (Wildman–Crippen LogP) is 1.56. The van der Waals surface area contributed by atoms with E-state index in [0.717, 1.165) is 45.7 Å². The van der Waals surface area contributed by atoms with Gasteiger partial charge in [0.25, 0.3) is 0 Å². The van der Waals surface area contributed by atoms with Crippen LogP contribution in [-0.2, 0) is 9.47 Å². The Hall–Kier alpha value is -0.120. The molecule has 0 aliphatic rings. The average molecular weight is 189 g/mol. The zero-order valence-electron chi connectivity index (χ0n) is 8.76. The molecule has 0 rings (SSSR count). The van der Waals surface area contributed by atoms with Crippen molar-refractivity contribution in [2.75, 3.05) is 33.0 Å². The number of nitrogens with two attached hydrogens (primary N) is 1. The molecule has 0 aromatic rings. The van der Waals surface area contributed by atoms with Crippen LogP contribution in [0.1, 0.15) is 32.6 Å². The second-order valence-electron chi connectivity index (χ2n) is 3.07. The molecule has 0 saturated heterocycles. The summed E-state index contributed by atoms with van der Waals surface area (Å²) >= 11 is 0. The lowest BCUT2D eigenvalue weighted by Gasteiger charge is -2.04. The number of hydrogen-bond acceptors (Lipinski definition) is 3. The summed E-state index contributed by atoms with van der Waals surface area (Å²) in [4.78, 5) is 0. The molecular weight excluding hydrogens is 166 g/mol. The Morgan fingerprint density at radius 3 is 1.92 bits per heavy atom. The highest BCUT2D eigenvalue weighted by molar-refractivity contribution is 4.38. The summed E-state index contributed by atoms with van der Waals surface area (Å²) in [5.41, 5.74) is 5.32. The standard InChI is InChI=1S/C10H23NO2/c1-2-3-7-12-9-5-10-13-8-4-6-11/h2-11H2,1H3. The molecule has 0 amide bonds. The first-order valence-corrected chi connectivity index (χ1v) is 5.27. The molecule has 0 aromatic carbocycles. The van der Waals surface area contributed by atoms with Crippen molar-refractivity contribution in [3.05, 3.63) is 0 Å². The second-order valence-corrected chi connectivity index (χ2v) is 3.07. The van der Waals surface area contributed by atoms with Gasteiger partial charge in [-0.3, -0.25) is 0 Å². The third kappa shape index (κ3) is 11.9. The van der Waals surface area contributed by atoms with E-state index in [-0.39, 0.29) is 0 Å². The molecular formula is C10H23NO2. The van der Waals surface area contributed by atoms with Crippen molar-refractivity contribution in [1.29, 1.82) is 0 Å². The fraction of sp³-hybridized carbons (Fsp3) is 1.00. The third-order valence-electron chi connectivity index (χ3n) is 1.71. The van der Waals surface area contributed by atoms with Crippen LogP contribution in [0, 0.1) is 0 Å². The highest BCUT2D eigenvalue weighted by Gasteiger charge is 1.89. The van der Waals surface area contributed by atoms with E-state index in [4.69, 9.17) is 15.2 Å². The highest BCUT2D eigenvalue weighted by atomic mass is 16.5. The van der Waals surface area contributed by atoms with Gasteiger partial charge in [-0.25, -0.2) is 0 Å². The summed E-state index contributed by atoms with van der Waals surface area (Å²) in [6, 6.07) is 0. The fourth-order valence-electron chi connectivity index (χ4n) is 0.899. The molecule has 0 heterocycles. The van der Waals surface area contributed by atoms with Crippen molar-refractivity contribution in [2.24, 2.45) is 5.73 Å². The van der Waals surface area contributed by atoms with E-state index >= 15 is 0 Å². The van der Waals surface area contributed by atoms with Gasteiger partial charge >= 0.3 is 0 Å². The van der Waals surface area contributed by atoms with Gasteiger partial charge in [-0.1, -0.05) is 13.3 Å². The zero-order valence-corrected chi connectivity index (χ0v) is 8.76. The summed E-state index contributed by atoms with van der Waals surface area (Å²) in [7, 11) is 0. The molecule has 3 nitrogen and oxygen atoms in total. The van der Waals surface area contributed by atoms with E-state index in [1.165, 1.54) is 6.42 Å². The quantitative estimate of drug-likeness (QED) is 0.530. The van der Waals surface area contributed by atoms with E-state index in [0.29, 0.717) is 6.54 Å². The van der Waals surface area contributed by atoms with E-state index in [2.05, 4.69) is 6.92 Å². The monoisotopic (exact) mass is 189 g/mol. The molecule has 0 radical (unpaired) electrons. The van der Waals surface area contributed by atoms with E-state index in [1.54, 1.807) is 0 Å². The number of unbranched alkanes of at least 4 members (excludes halogenated alkanes) is 1. The van der Waals surface area contributed by atoms with Gasteiger partial charge in [0.2, 0.25) is 0 Å². The summed E-state index contributed by atoms with van der Waals surface area (Å²) in [6.45, 7) is 6.17. The van der Waals surface area contributed by atoms with Gasteiger partial charge in [-0.05, 0) is 25.8 Å². The molecule has 0 saturated carbocycles. The third-order valence-corrected chi connectivity index (χ3v) is 1.71. The first-order chi connectivity index (χ1) is 6.41. The summed E-state index contributed by atoms with van der Waals surface area (Å²) in [5.74, 6) is 0.